The number of Topliss-reactive ketones (excluding diaryl/α,β-unsaturated/α-hetero) is 1. The fourth-order valence-electron chi connectivity index (χ4n) is 2.54. The predicted molar refractivity (Wildman–Crippen MR) is 88.2 cm³/mol. The summed E-state index contributed by atoms with van der Waals surface area (Å²) in [6.07, 6.45) is 1.74. The van der Waals surface area contributed by atoms with Gasteiger partial charge >= 0.3 is 0 Å². The van der Waals surface area contributed by atoms with Crippen LogP contribution in [0.15, 0.2) is 6.07 Å². The number of ether oxygens (including phenoxy) is 1. The Hall–Kier alpha value is -1.88. The van der Waals surface area contributed by atoms with Gasteiger partial charge in [-0.05, 0) is 25.3 Å². The second-order valence-electron chi connectivity index (χ2n) is 5.89. The highest BCUT2D eigenvalue weighted by Gasteiger charge is 2.27. The number of benzene rings is 1. The van der Waals surface area contributed by atoms with Crippen LogP contribution < -0.4 is 0 Å². The number of phenols is 2. The quantitative estimate of drug-likeness (QED) is 0.530. The summed E-state index contributed by atoms with van der Waals surface area (Å²) < 4.78 is 5.66. The summed E-state index contributed by atoms with van der Waals surface area (Å²) in [6, 6.07) is 1.45. The van der Waals surface area contributed by atoms with Crippen molar-refractivity contribution in [3.05, 3.63) is 22.8 Å². The van der Waals surface area contributed by atoms with Gasteiger partial charge in [-0.2, -0.15) is 0 Å². The molecule has 0 fully saturated rings. The smallest absolute Gasteiger partial charge is 0.166 e. The fourth-order valence-corrected chi connectivity index (χ4v) is 2.54. The van der Waals surface area contributed by atoms with Gasteiger partial charge in [-0.15, -0.1) is 0 Å². The van der Waals surface area contributed by atoms with Gasteiger partial charge in [-0.25, -0.2) is 0 Å². The molecule has 23 heavy (non-hydrogen) atoms. The summed E-state index contributed by atoms with van der Waals surface area (Å²) in [5.74, 6) is -0.991. The van der Waals surface area contributed by atoms with Crippen molar-refractivity contribution in [2.24, 2.45) is 5.92 Å². The van der Waals surface area contributed by atoms with Crippen molar-refractivity contribution >= 4 is 12.1 Å². The highest BCUT2D eigenvalue weighted by Crippen LogP contribution is 2.40. The number of aromatic hydroxyl groups is 2. The van der Waals surface area contributed by atoms with Gasteiger partial charge in [0, 0.05) is 18.6 Å². The Kier molecular flexibility index (Phi) is 7.23. The molecule has 2 N–H and O–H groups in total. The lowest BCUT2D eigenvalue weighted by atomic mass is 9.91. The van der Waals surface area contributed by atoms with Crippen molar-refractivity contribution in [3.8, 4) is 11.5 Å². The van der Waals surface area contributed by atoms with Gasteiger partial charge in [0.05, 0.1) is 17.2 Å². The van der Waals surface area contributed by atoms with E-state index in [0.29, 0.717) is 24.9 Å². The highest BCUT2D eigenvalue weighted by atomic mass is 16.5. The maximum Gasteiger partial charge on any atom is 0.166 e. The maximum absolute atomic E-state index is 12.3. The number of ketones is 1. The number of phenolic OH excluding ortho intramolecular Hbond substituents is 2. The number of rotatable bonds is 9. The second-order valence-corrected chi connectivity index (χ2v) is 5.89. The zero-order valence-electron chi connectivity index (χ0n) is 14.3. The van der Waals surface area contributed by atoms with Crippen LogP contribution in [0.1, 0.15) is 79.3 Å². The molecular formula is C18H26O5. The largest absolute Gasteiger partial charge is 0.507 e. The molecule has 0 aliphatic rings. The van der Waals surface area contributed by atoms with Crippen LogP contribution in [0.5, 0.6) is 11.5 Å². The first-order valence-electron chi connectivity index (χ1n) is 8.07. The minimum absolute atomic E-state index is 0.0310. The molecule has 1 aromatic rings. The third-order valence-corrected chi connectivity index (χ3v) is 3.77. The van der Waals surface area contributed by atoms with Gasteiger partial charge < -0.3 is 14.9 Å². The summed E-state index contributed by atoms with van der Waals surface area (Å²) in [4.78, 5) is 23.6. The van der Waals surface area contributed by atoms with Crippen LogP contribution in [0.3, 0.4) is 0 Å². The summed E-state index contributed by atoms with van der Waals surface area (Å²) in [5, 5.41) is 20.5. The minimum atomic E-state index is -0.461. The Morgan fingerprint density at radius 3 is 2.39 bits per heavy atom. The first kappa shape index (κ1) is 19.2. The number of carbonyl (C=O) groups excluding carboxylic acids is 2. The number of aldehydes is 1. The Labute approximate surface area is 137 Å². The molecule has 0 radical (unpaired) electrons. The Morgan fingerprint density at radius 2 is 1.91 bits per heavy atom. The van der Waals surface area contributed by atoms with E-state index in [2.05, 4.69) is 0 Å². The van der Waals surface area contributed by atoms with Crippen LogP contribution in [-0.4, -0.2) is 28.9 Å². The van der Waals surface area contributed by atoms with Crippen LogP contribution in [-0.2, 0) is 4.74 Å². The molecule has 0 aliphatic heterocycles. The third kappa shape index (κ3) is 4.32. The lowest BCUT2D eigenvalue weighted by Crippen LogP contribution is -2.13. The second kappa shape index (κ2) is 8.67. The fraction of sp³-hybridized carbons (Fsp3) is 0.556. The molecule has 0 saturated heterocycles. The molecule has 0 aliphatic carbocycles. The standard InChI is InChI=1S/C18H26O5/c1-5-7-8-15(20)12-9-13(18(11(3)4)23-6-2)17(22)14(10-19)16(12)21/h9-11,18,21-22H,5-8H2,1-4H3/t18-/m0/s1. The zero-order chi connectivity index (χ0) is 17.6. The van der Waals surface area contributed by atoms with Gasteiger partial charge in [0.2, 0.25) is 0 Å². The van der Waals surface area contributed by atoms with Gasteiger partial charge in [-0.3, -0.25) is 9.59 Å². The third-order valence-electron chi connectivity index (χ3n) is 3.77. The van der Waals surface area contributed by atoms with Gasteiger partial charge in [0.1, 0.15) is 11.5 Å². The van der Waals surface area contributed by atoms with Crippen LogP contribution >= 0.6 is 0 Å². The lowest BCUT2D eigenvalue weighted by Gasteiger charge is -2.24. The van der Waals surface area contributed by atoms with Crippen LogP contribution in [0.2, 0.25) is 0 Å². The summed E-state index contributed by atoms with van der Waals surface area (Å²) in [7, 11) is 0. The molecule has 128 valence electrons. The molecule has 0 spiro atoms. The van der Waals surface area contributed by atoms with E-state index in [9.17, 15) is 19.8 Å². The Bertz CT molecular complexity index is 563. The van der Waals surface area contributed by atoms with E-state index in [1.54, 1.807) is 0 Å². The lowest BCUT2D eigenvalue weighted by molar-refractivity contribution is 0.0277. The molecular weight excluding hydrogens is 296 g/mol. The van der Waals surface area contributed by atoms with E-state index in [0.717, 1.165) is 6.42 Å². The van der Waals surface area contributed by atoms with Gasteiger partial charge in [0.25, 0.3) is 0 Å². The van der Waals surface area contributed by atoms with E-state index < -0.39 is 11.9 Å². The van der Waals surface area contributed by atoms with Gasteiger partial charge in [-0.1, -0.05) is 27.2 Å². The predicted octanol–water partition coefficient (Wildman–Crippen LogP) is 4.02. The molecule has 0 amide bonds. The SMILES string of the molecule is CCCCC(=O)c1cc([C@@H](OCC)C(C)C)c(O)c(C=O)c1O. The average molecular weight is 322 g/mol. The van der Waals surface area contributed by atoms with Crippen molar-refractivity contribution in [2.75, 3.05) is 6.61 Å². The molecule has 0 saturated carbocycles. The molecule has 0 bridgehead atoms. The van der Waals surface area contributed by atoms with Crippen molar-refractivity contribution in [1.29, 1.82) is 0 Å². The van der Waals surface area contributed by atoms with E-state index in [1.165, 1.54) is 6.07 Å². The van der Waals surface area contributed by atoms with Crippen LogP contribution in [0.25, 0.3) is 0 Å². The maximum atomic E-state index is 12.3. The Morgan fingerprint density at radius 1 is 1.26 bits per heavy atom. The first-order chi connectivity index (χ1) is 10.9. The Balaban J connectivity index is 3.46. The van der Waals surface area contributed by atoms with E-state index in [4.69, 9.17) is 4.74 Å². The summed E-state index contributed by atoms with van der Waals surface area (Å²) in [5.41, 5.74) is 0.174. The van der Waals surface area contributed by atoms with Gasteiger partial charge in [0.15, 0.2) is 12.1 Å². The number of hydrogen-bond acceptors (Lipinski definition) is 5. The van der Waals surface area contributed by atoms with Crippen molar-refractivity contribution < 1.29 is 24.5 Å². The number of unbranched alkanes of at least 4 members (excludes halogenated alkanes) is 1. The van der Waals surface area contributed by atoms with Crippen molar-refractivity contribution in [1.82, 2.24) is 0 Å². The monoisotopic (exact) mass is 322 g/mol. The zero-order valence-corrected chi connectivity index (χ0v) is 14.3. The molecule has 5 heteroatoms. The van der Waals surface area contributed by atoms with E-state index >= 15 is 0 Å². The van der Waals surface area contributed by atoms with E-state index in [-0.39, 0.29) is 35.0 Å². The van der Waals surface area contributed by atoms with Crippen LogP contribution in [0, 0.1) is 5.92 Å². The highest BCUT2D eigenvalue weighted by molar-refractivity contribution is 6.02. The average Bonchev–Trinajstić information content (AvgIpc) is 2.51. The molecule has 5 nitrogen and oxygen atoms in total. The molecule has 0 heterocycles. The summed E-state index contributed by atoms with van der Waals surface area (Å²) >= 11 is 0. The van der Waals surface area contributed by atoms with Crippen molar-refractivity contribution in [2.45, 2.75) is 53.1 Å². The molecule has 1 atom stereocenters. The molecule has 0 aromatic heterocycles. The normalized spacial score (nSPS) is 12.4. The topological polar surface area (TPSA) is 83.8 Å². The van der Waals surface area contributed by atoms with Crippen LogP contribution in [0.4, 0.5) is 0 Å². The van der Waals surface area contributed by atoms with E-state index in [1.807, 2.05) is 27.7 Å². The molecule has 0 unspecified atom stereocenters. The molecule has 1 rings (SSSR count). The number of carbonyl (C=O) groups is 2. The first-order valence-corrected chi connectivity index (χ1v) is 8.07. The number of hydrogen-bond donors (Lipinski definition) is 2. The summed E-state index contributed by atoms with van der Waals surface area (Å²) in [6.45, 7) is 8.08. The minimum Gasteiger partial charge on any atom is -0.507 e. The van der Waals surface area contributed by atoms with Crippen molar-refractivity contribution in [3.63, 3.8) is 0 Å². The molecule has 1 aromatic carbocycles.